The lowest BCUT2D eigenvalue weighted by Crippen LogP contribution is -2.41. The van der Waals surface area contributed by atoms with Crippen LogP contribution in [-0.4, -0.2) is 18.3 Å². The SMILES string of the molecule is CC1(C)OB(/C=C\CC2CCCC2)OC1(C)C. The van der Waals surface area contributed by atoms with E-state index in [1.807, 2.05) is 0 Å². The first-order chi connectivity index (χ1) is 7.91. The Labute approximate surface area is 106 Å². The molecule has 0 radical (unpaired) electrons. The molecule has 0 amide bonds. The molecule has 0 N–H and O–H groups in total. The second kappa shape index (κ2) is 4.77. The van der Waals surface area contributed by atoms with Gasteiger partial charge in [-0.05, 0) is 40.0 Å². The van der Waals surface area contributed by atoms with E-state index in [1.165, 1.54) is 32.1 Å². The fourth-order valence-corrected chi connectivity index (χ4v) is 2.60. The van der Waals surface area contributed by atoms with Crippen LogP contribution in [0, 0.1) is 5.92 Å². The molecule has 2 nitrogen and oxygen atoms in total. The van der Waals surface area contributed by atoms with E-state index >= 15 is 0 Å². The molecule has 1 saturated carbocycles. The average molecular weight is 236 g/mol. The Morgan fingerprint density at radius 2 is 1.59 bits per heavy atom. The quantitative estimate of drug-likeness (QED) is 0.694. The fraction of sp³-hybridized carbons (Fsp3) is 0.857. The van der Waals surface area contributed by atoms with Gasteiger partial charge in [-0.25, -0.2) is 0 Å². The molecular formula is C14H25BO2. The minimum Gasteiger partial charge on any atom is -0.400 e. The molecule has 0 aromatic rings. The molecule has 1 saturated heterocycles. The third kappa shape index (κ3) is 2.94. The highest BCUT2D eigenvalue weighted by molar-refractivity contribution is 6.51. The summed E-state index contributed by atoms with van der Waals surface area (Å²) in [5, 5.41) is 0. The molecule has 1 aliphatic heterocycles. The summed E-state index contributed by atoms with van der Waals surface area (Å²) >= 11 is 0. The van der Waals surface area contributed by atoms with Crippen molar-refractivity contribution in [1.29, 1.82) is 0 Å². The van der Waals surface area contributed by atoms with Gasteiger partial charge in [-0.1, -0.05) is 37.7 Å². The van der Waals surface area contributed by atoms with Gasteiger partial charge in [0.1, 0.15) is 0 Å². The molecule has 0 unspecified atom stereocenters. The molecule has 2 aliphatic rings. The van der Waals surface area contributed by atoms with Gasteiger partial charge in [0.25, 0.3) is 0 Å². The summed E-state index contributed by atoms with van der Waals surface area (Å²) in [4.78, 5) is 0. The van der Waals surface area contributed by atoms with Crippen LogP contribution in [0.5, 0.6) is 0 Å². The van der Waals surface area contributed by atoms with Gasteiger partial charge in [0.05, 0.1) is 11.2 Å². The number of hydrogen-bond acceptors (Lipinski definition) is 2. The highest BCUT2D eigenvalue weighted by Crippen LogP contribution is 2.37. The Balaban J connectivity index is 1.82. The molecule has 0 atom stereocenters. The van der Waals surface area contributed by atoms with Crippen LogP contribution in [-0.2, 0) is 9.31 Å². The first-order valence-electron chi connectivity index (χ1n) is 6.93. The maximum atomic E-state index is 5.92. The van der Waals surface area contributed by atoms with E-state index in [0.717, 1.165) is 5.92 Å². The first kappa shape index (κ1) is 13.2. The summed E-state index contributed by atoms with van der Waals surface area (Å²) < 4.78 is 11.8. The van der Waals surface area contributed by atoms with Crippen molar-refractivity contribution in [2.24, 2.45) is 5.92 Å². The van der Waals surface area contributed by atoms with Crippen LogP contribution in [0.3, 0.4) is 0 Å². The standard InChI is InChI=1S/C14H25BO2/c1-13(2)14(3,4)17-15(16-13)11-7-10-12-8-5-6-9-12/h7,11-12H,5-6,8-10H2,1-4H3/b11-7-. The average Bonchev–Trinajstić information content (AvgIpc) is 2.74. The zero-order chi connectivity index (χ0) is 12.5. The van der Waals surface area contributed by atoms with Crippen LogP contribution in [0.4, 0.5) is 0 Å². The van der Waals surface area contributed by atoms with Crippen molar-refractivity contribution in [3.8, 4) is 0 Å². The first-order valence-corrected chi connectivity index (χ1v) is 6.93. The van der Waals surface area contributed by atoms with Crippen LogP contribution in [0.25, 0.3) is 0 Å². The Morgan fingerprint density at radius 1 is 1.06 bits per heavy atom. The zero-order valence-corrected chi connectivity index (χ0v) is 11.7. The molecule has 96 valence electrons. The number of rotatable bonds is 3. The fourth-order valence-electron chi connectivity index (χ4n) is 2.60. The molecule has 0 spiro atoms. The predicted octanol–water partition coefficient (Wildman–Crippen LogP) is 3.75. The van der Waals surface area contributed by atoms with Crippen LogP contribution in [0.15, 0.2) is 12.1 Å². The number of allylic oxidation sites excluding steroid dienone is 1. The van der Waals surface area contributed by atoms with Gasteiger partial charge >= 0.3 is 7.12 Å². The summed E-state index contributed by atoms with van der Waals surface area (Å²) in [6.45, 7) is 8.38. The lowest BCUT2D eigenvalue weighted by Gasteiger charge is -2.32. The van der Waals surface area contributed by atoms with E-state index in [4.69, 9.17) is 9.31 Å². The molecule has 0 aromatic carbocycles. The molecule has 0 bridgehead atoms. The molecule has 0 aromatic heterocycles. The van der Waals surface area contributed by atoms with Crippen molar-refractivity contribution in [3.63, 3.8) is 0 Å². The maximum Gasteiger partial charge on any atom is 0.486 e. The Kier molecular flexibility index (Phi) is 3.70. The Hall–Kier alpha value is -0.275. The van der Waals surface area contributed by atoms with E-state index in [0.29, 0.717) is 0 Å². The van der Waals surface area contributed by atoms with Gasteiger partial charge in [0.15, 0.2) is 0 Å². The molecule has 1 heterocycles. The minimum absolute atomic E-state index is 0.165. The third-order valence-corrected chi connectivity index (χ3v) is 4.51. The smallest absolute Gasteiger partial charge is 0.400 e. The molecule has 1 aliphatic carbocycles. The second-order valence-electron chi connectivity index (χ2n) is 6.44. The van der Waals surface area contributed by atoms with Gasteiger partial charge in [-0.2, -0.15) is 0 Å². The third-order valence-electron chi connectivity index (χ3n) is 4.51. The van der Waals surface area contributed by atoms with Gasteiger partial charge in [-0.15, -0.1) is 0 Å². The Morgan fingerprint density at radius 3 is 2.12 bits per heavy atom. The lowest BCUT2D eigenvalue weighted by molar-refractivity contribution is 0.00578. The predicted molar refractivity (Wildman–Crippen MR) is 71.8 cm³/mol. The van der Waals surface area contributed by atoms with Crippen molar-refractivity contribution in [2.75, 3.05) is 0 Å². The molecule has 2 fully saturated rings. The van der Waals surface area contributed by atoms with E-state index < -0.39 is 0 Å². The Bertz CT molecular complexity index is 275. The van der Waals surface area contributed by atoms with Gasteiger partial charge < -0.3 is 9.31 Å². The molecule has 3 heteroatoms. The van der Waals surface area contributed by atoms with E-state index in [1.54, 1.807) is 0 Å². The summed E-state index contributed by atoms with van der Waals surface area (Å²) in [7, 11) is -0.165. The van der Waals surface area contributed by atoms with Crippen molar-refractivity contribution in [2.45, 2.75) is 71.0 Å². The summed E-state index contributed by atoms with van der Waals surface area (Å²) in [6.07, 6.45) is 9.05. The summed E-state index contributed by atoms with van der Waals surface area (Å²) in [5.41, 5.74) is -0.426. The second-order valence-corrected chi connectivity index (χ2v) is 6.44. The normalized spacial score (nSPS) is 28.4. The topological polar surface area (TPSA) is 18.5 Å². The largest absolute Gasteiger partial charge is 0.486 e. The highest BCUT2D eigenvalue weighted by Gasteiger charge is 2.49. The van der Waals surface area contributed by atoms with Gasteiger partial charge in [0, 0.05) is 0 Å². The summed E-state index contributed by atoms with van der Waals surface area (Å²) in [5.74, 6) is 2.99. The van der Waals surface area contributed by atoms with Gasteiger partial charge in [-0.3, -0.25) is 0 Å². The molecular weight excluding hydrogens is 211 g/mol. The maximum absolute atomic E-state index is 5.92. The van der Waals surface area contributed by atoms with Crippen LogP contribution < -0.4 is 0 Å². The lowest BCUT2D eigenvalue weighted by atomic mass is 9.88. The van der Waals surface area contributed by atoms with E-state index in [9.17, 15) is 0 Å². The molecule has 17 heavy (non-hydrogen) atoms. The van der Waals surface area contributed by atoms with Crippen molar-refractivity contribution in [1.82, 2.24) is 0 Å². The van der Waals surface area contributed by atoms with Crippen LogP contribution >= 0.6 is 0 Å². The molecule has 2 rings (SSSR count). The van der Waals surface area contributed by atoms with Crippen molar-refractivity contribution >= 4 is 7.12 Å². The van der Waals surface area contributed by atoms with Gasteiger partial charge in [0.2, 0.25) is 0 Å². The highest BCUT2D eigenvalue weighted by atomic mass is 16.7. The van der Waals surface area contributed by atoms with Crippen molar-refractivity contribution < 1.29 is 9.31 Å². The van der Waals surface area contributed by atoms with Crippen molar-refractivity contribution in [3.05, 3.63) is 12.1 Å². The minimum atomic E-state index is -0.213. The van der Waals surface area contributed by atoms with Crippen LogP contribution in [0.1, 0.15) is 59.8 Å². The van der Waals surface area contributed by atoms with Crippen LogP contribution in [0.2, 0.25) is 0 Å². The zero-order valence-electron chi connectivity index (χ0n) is 11.7. The number of hydrogen-bond donors (Lipinski definition) is 0. The van der Waals surface area contributed by atoms with E-state index in [-0.39, 0.29) is 18.3 Å². The monoisotopic (exact) mass is 236 g/mol. The van der Waals surface area contributed by atoms with E-state index in [2.05, 4.69) is 39.7 Å². The summed E-state index contributed by atoms with van der Waals surface area (Å²) in [6, 6.07) is 0.